The molecule has 9 atom stereocenters. The molecule has 1 amide bonds. The van der Waals surface area contributed by atoms with Gasteiger partial charge in [0.2, 0.25) is 11.4 Å². The standard InChI is InChI=1S/C16H29NO4.C16H26O3.C13H18O5.C13H24O2.C12H20F2O4/c1-7-16(5,6)13(18)20-12-8-10-17(11-9-12)14(19)21-15(2,3)4;1-4-15(2,3)14(17)19-13-11-5-10-6-12(13)9-16(18,7-10)8-11;1-4-13(2,3)12(15)18-9-7-5-6-8(16-7)10(9)17-11(6)14;1-5-12(3,4)11(14)15-13(6-2)9-7-8-10-13;1-6-9(2,3)8(15)18-10(4)7-17-11(5,16)12(10,13)14/h12H,7-11H2,1-6H3;10-13,18H,4-9H2,1-3H3;6-10H,4-5H2,1-3H3;5-10H2,1-4H3;16H,6-7H2,1-5H3. The Bertz CT molecular complexity index is 2520. The monoisotopic (exact) mass is 1300 g/mol. The molecule has 9 unspecified atom stereocenters. The summed E-state index contributed by atoms with van der Waals surface area (Å²) in [4.78, 5) is 85.4. The molecule has 0 aromatic heterocycles. The minimum absolute atomic E-state index is 0.0197. The second kappa shape index (κ2) is 29.0. The Morgan fingerprint density at radius 1 is 0.593 bits per heavy atom. The third kappa shape index (κ3) is 18.2. The van der Waals surface area contributed by atoms with Crippen molar-refractivity contribution in [3.05, 3.63) is 0 Å². The SMILES string of the molecule is CCC(C)(C)C(=O)OC1(C)COC(C)(O)C1(F)F.CCC(C)(C)C(=O)OC1C2CC3C(=O)OC1C3O2.CCC(C)(C)C(=O)OC1C2CC3CC1CC(O)(C3)C2.CCC(C)(C)C(=O)OC1CCN(C(=O)OC(C)(C)C)CC1.CCC1(OC(=O)C(C)(C)CC)CCCC1. The minimum Gasteiger partial charge on any atom is -0.462 e. The summed E-state index contributed by atoms with van der Waals surface area (Å²) in [5.41, 5.74) is -5.73. The molecule has 0 aromatic rings. The van der Waals surface area contributed by atoms with Crippen molar-refractivity contribution in [3.63, 3.8) is 0 Å². The molecule has 2 N–H and O–H groups in total. The Morgan fingerprint density at radius 3 is 1.45 bits per heavy atom. The van der Waals surface area contributed by atoms with E-state index in [0.717, 1.165) is 84.5 Å². The summed E-state index contributed by atoms with van der Waals surface area (Å²) in [5.74, 6) is -6.39. The molecule has 0 aromatic carbocycles. The van der Waals surface area contributed by atoms with E-state index in [-0.39, 0.29) is 82.7 Å². The zero-order valence-corrected chi connectivity index (χ0v) is 59.3. The van der Waals surface area contributed by atoms with Gasteiger partial charge in [-0.25, -0.2) is 4.79 Å². The summed E-state index contributed by atoms with van der Waals surface area (Å²) in [7, 11) is 0. The number of ether oxygens (including phenoxy) is 9. The van der Waals surface area contributed by atoms with Gasteiger partial charge in [0.25, 0.3) is 0 Å². The number of amides is 1. The Morgan fingerprint density at radius 2 is 1.03 bits per heavy atom. The molecule has 91 heavy (non-hydrogen) atoms. The molecule has 5 aliphatic carbocycles. The maximum absolute atomic E-state index is 14.0. The topological polar surface area (TPSA) is 246 Å². The van der Waals surface area contributed by atoms with Crippen LogP contribution in [0.1, 0.15) is 261 Å². The highest BCUT2D eigenvalue weighted by molar-refractivity contribution is 5.80. The first-order chi connectivity index (χ1) is 41.7. The molecule has 21 heteroatoms. The van der Waals surface area contributed by atoms with Crippen LogP contribution >= 0.6 is 0 Å². The van der Waals surface area contributed by atoms with Crippen molar-refractivity contribution in [1.29, 1.82) is 0 Å². The van der Waals surface area contributed by atoms with Crippen molar-refractivity contribution in [2.24, 2.45) is 50.7 Å². The van der Waals surface area contributed by atoms with Gasteiger partial charge in [-0.05, 0) is 224 Å². The molecule has 524 valence electrons. The summed E-state index contributed by atoms with van der Waals surface area (Å²) in [5, 5.41) is 20.0. The molecule has 10 fully saturated rings. The van der Waals surface area contributed by atoms with Crippen LogP contribution in [0.2, 0.25) is 0 Å². The van der Waals surface area contributed by atoms with E-state index < -0.39 is 69.5 Å². The van der Waals surface area contributed by atoms with Gasteiger partial charge in [-0.1, -0.05) is 41.5 Å². The summed E-state index contributed by atoms with van der Waals surface area (Å²) >= 11 is 0. The van der Waals surface area contributed by atoms with Crippen molar-refractivity contribution in [1.82, 2.24) is 4.90 Å². The second-order valence-corrected chi connectivity index (χ2v) is 32.2. The fourth-order valence-electron chi connectivity index (χ4n) is 12.9. The average Bonchev–Trinajstić information content (AvgIpc) is 1.73. The lowest BCUT2D eigenvalue weighted by molar-refractivity contribution is -0.284. The molecule has 19 nitrogen and oxygen atoms in total. The largest absolute Gasteiger partial charge is 0.462 e. The maximum atomic E-state index is 14.0. The van der Waals surface area contributed by atoms with Gasteiger partial charge in [0.05, 0.1) is 51.3 Å². The first-order valence-corrected chi connectivity index (χ1v) is 34.1. The Balaban J connectivity index is 0.000000207. The van der Waals surface area contributed by atoms with Crippen LogP contribution in [0.3, 0.4) is 0 Å². The van der Waals surface area contributed by atoms with E-state index in [0.29, 0.717) is 62.9 Å². The van der Waals surface area contributed by atoms with Crippen LogP contribution in [0.5, 0.6) is 0 Å². The van der Waals surface area contributed by atoms with Crippen LogP contribution in [0.15, 0.2) is 0 Å². The Kier molecular flexibility index (Phi) is 24.7. The molecule has 5 saturated heterocycles. The van der Waals surface area contributed by atoms with Crippen LogP contribution in [-0.4, -0.2) is 147 Å². The number of alkyl halides is 2. The number of piperidine rings is 1. The molecule has 5 heterocycles. The number of aliphatic hydroxyl groups is 2. The summed E-state index contributed by atoms with van der Waals surface area (Å²) in [6.45, 7) is 38.5. The van der Waals surface area contributed by atoms with Gasteiger partial charge in [0, 0.05) is 25.9 Å². The van der Waals surface area contributed by atoms with Gasteiger partial charge < -0.3 is 57.7 Å². The number of hydrogen-bond acceptors (Lipinski definition) is 18. The second-order valence-electron chi connectivity index (χ2n) is 32.2. The molecule has 0 spiro atoms. The fourth-order valence-corrected chi connectivity index (χ4v) is 12.9. The van der Waals surface area contributed by atoms with E-state index in [9.17, 15) is 52.6 Å². The normalized spacial score (nSPS) is 31.8. The van der Waals surface area contributed by atoms with Crippen LogP contribution in [0.25, 0.3) is 0 Å². The minimum atomic E-state index is -3.67. The van der Waals surface area contributed by atoms with E-state index in [2.05, 4.69) is 11.7 Å². The van der Waals surface area contributed by atoms with Crippen LogP contribution in [0.4, 0.5) is 13.6 Å². The highest BCUT2D eigenvalue weighted by atomic mass is 19.3. The van der Waals surface area contributed by atoms with Gasteiger partial charge in [-0.2, -0.15) is 8.78 Å². The van der Waals surface area contributed by atoms with Crippen LogP contribution < -0.4 is 0 Å². The predicted molar refractivity (Wildman–Crippen MR) is 336 cm³/mol. The summed E-state index contributed by atoms with van der Waals surface area (Å²) in [6, 6.07) is 0. The number of esters is 6. The van der Waals surface area contributed by atoms with Crippen molar-refractivity contribution < 1.29 is 95.2 Å². The lowest BCUT2D eigenvalue weighted by Gasteiger charge is -2.57. The zero-order valence-electron chi connectivity index (χ0n) is 59.3. The number of rotatable bonds is 16. The molecule has 5 aliphatic heterocycles. The molecular weight excluding hydrogens is 1180 g/mol. The molecular formula is C70H117F2NO18. The molecule has 10 rings (SSSR count). The number of likely N-dealkylation sites (tertiary alicyclic amines) is 1. The van der Waals surface area contributed by atoms with Gasteiger partial charge in [-0.3, -0.25) is 28.8 Å². The fraction of sp³-hybridized carbons (Fsp3) is 0.900. The highest BCUT2D eigenvalue weighted by Crippen LogP contribution is 2.57. The number of halogens is 2. The van der Waals surface area contributed by atoms with Gasteiger partial charge in [0.1, 0.15) is 29.5 Å². The Labute approximate surface area is 542 Å². The summed E-state index contributed by atoms with van der Waals surface area (Å²) < 4.78 is 76.5. The van der Waals surface area contributed by atoms with E-state index in [1.165, 1.54) is 12.8 Å². The molecule has 6 bridgehead atoms. The quantitative estimate of drug-likeness (QED) is 0.108. The van der Waals surface area contributed by atoms with E-state index in [4.69, 9.17) is 37.9 Å². The summed E-state index contributed by atoms with van der Waals surface area (Å²) in [6.07, 6.45) is 14.4. The zero-order chi connectivity index (χ0) is 69.1. The van der Waals surface area contributed by atoms with E-state index >= 15 is 0 Å². The Hall–Kier alpha value is -4.21. The van der Waals surface area contributed by atoms with Crippen molar-refractivity contribution in [2.75, 3.05) is 19.7 Å². The van der Waals surface area contributed by atoms with Gasteiger partial charge in [0.15, 0.2) is 12.2 Å². The predicted octanol–water partition coefficient (Wildman–Crippen LogP) is 13.1. The maximum Gasteiger partial charge on any atom is 0.410 e. The number of hydrogen-bond donors (Lipinski definition) is 2. The molecule has 5 saturated carbocycles. The van der Waals surface area contributed by atoms with Crippen LogP contribution in [-0.2, 0) is 71.4 Å². The number of carbonyl (C=O) groups is 7. The molecule has 10 aliphatic rings. The van der Waals surface area contributed by atoms with Crippen molar-refractivity contribution >= 4 is 41.9 Å². The van der Waals surface area contributed by atoms with E-state index in [1.54, 1.807) is 25.7 Å². The van der Waals surface area contributed by atoms with E-state index in [1.807, 2.05) is 104 Å². The van der Waals surface area contributed by atoms with Gasteiger partial charge >= 0.3 is 47.8 Å². The van der Waals surface area contributed by atoms with Crippen molar-refractivity contribution in [3.8, 4) is 0 Å². The number of carbonyl (C=O) groups excluding carboxylic acids is 7. The number of nitrogens with zero attached hydrogens (tertiary/aromatic N) is 1. The first kappa shape index (κ1) is 77.5. The van der Waals surface area contributed by atoms with Crippen LogP contribution in [0, 0.1) is 50.7 Å². The smallest absolute Gasteiger partial charge is 0.410 e. The van der Waals surface area contributed by atoms with Crippen molar-refractivity contribution in [2.45, 2.75) is 332 Å². The average molecular weight is 1300 g/mol. The lowest BCUT2D eigenvalue weighted by atomic mass is 9.53. The highest BCUT2D eigenvalue weighted by Gasteiger charge is 2.71. The first-order valence-electron chi connectivity index (χ1n) is 34.1. The van der Waals surface area contributed by atoms with Gasteiger partial charge in [-0.15, -0.1) is 0 Å². The number of fused-ring (bicyclic) bond motifs is 1. The molecule has 0 radical (unpaired) electrons. The third-order valence-corrected chi connectivity index (χ3v) is 21.6. The third-order valence-electron chi connectivity index (χ3n) is 21.6. The lowest BCUT2D eigenvalue weighted by Crippen LogP contribution is -2.58.